The molecule has 0 bridgehead atoms. The summed E-state index contributed by atoms with van der Waals surface area (Å²) in [7, 11) is 1.41. The van der Waals surface area contributed by atoms with Gasteiger partial charge in [-0.25, -0.2) is 9.69 Å². The lowest BCUT2D eigenvalue weighted by Crippen LogP contribution is -2.33. The molecule has 2 N–H and O–H groups in total. The maximum absolute atomic E-state index is 14.1. The number of phenols is 1. The molecule has 1 fully saturated rings. The van der Waals surface area contributed by atoms with Gasteiger partial charge in [-0.15, -0.1) is 0 Å². The third-order valence-electron chi connectivity index (χ3n) is 7.89. The number of methoxy groups -OCH3 is 1. The molecule has 0 saturated carbocycles. The molecule has 3 unspecified atom stereocenters. The topological polar surface area (TPSA) is 144 Å². The largest absolute Gasteiger partial charge is 0.504 e. The third kappa shape index (κ3) is 5.56. The molecule has 3 aromatic carbocycles. The molecular formula is C33H29N3O8S2. The Hall–Kier alpha value is -4.88. The number of ether oxygens (including phenoxy) is 2. The van der Waals surface area contributed by atoms with Crippen molar-refractivity contribution in [1.29, 1.82) is 0 Å². The van der Waals surface area contributed by atoms with E-state index < -0.39 is 45.6 Å². The average Bonchev–Trinajstić information content (AvgIpc) is 3.48. The maximum atomic E-state index is 14.1. The zero-order valence-corrected chi connectivity index (χ0v) is 26.6. The Kier molecular flexibility index (Phi) is 8.45. The van der Waals surface area contributed by atoms with E-state index in [2.05, 4.69) is 5.32 Å². The lowest BCUT2D eigenvalue weighted by Gasteiger charge is -2.31. The minimum Gasteiger partial charge on any atom is -0.504 e. The summed E-state index contributed by atoms with van der Waals surface area (Å²) in [6, 6.07) is 18.0. The van der Waals surface area contributed by atoms with Crippen LogP contribution in [0.3, 0.4) is 0 Å². The van der Waals surface area contributed by atoms with Crippen LogP contribution in [0, 0.1) is 12.8 Å². The van der Waals surface area contributed by atoms with Gasteiger partial charge in [-0.05, 0) is 67.9 Å². The second-order valence-electron chi connectivity index (χ2n) is 10.8. The number of imide groups is 1. The second kappa shape index (κ2) is 12.5. The number of hydrogen-bond acceptors (Lipinski definition) is 10. The lowest BCUT2D eigenvalue weighted by atomic mass is 9.83. The Bertz CT molecular complexity index is 1920. The number of nitrogens with zero attached hydrogens (tertiary/aromatic N) is 2. The van der Waals surface area contributed by atoms with E-state index in [1.807, 2.05) is 19.1 Å². The highest BCUT2D eigenvalue weighted by Crippen LogP contribution is 2.54. The molecule has 236 valence electrons. The average molecular weight is 660 g/mol. The van der Waals surface area contributed by atoms with Gasteiger partial charge in [0.2, 0.25) is 17.7 Å². The minimum absolute atomic E-state index is 0.0963. The molecule has 3 heterocycles. The van der Waals surface area contributed by atoms with Crippen molar-refractivity contribution >= 4 is 58.2 Å². The number of thiazole rings is 1. The summed E-state index contributed by atoms with van der Waals surface area (Å²) in [5, 5.41) is 12.6. The molecular weight excluding hydrogens is 631 g/mol. The van der Waals surface area contributed by atoms with Crippen LogP contribution in [-0.2, 0) is 25.7 Å². The highest BCUT2D eigenvalue weighted by atomic mass is 32.2. The van der Waals surface area contributed by atoms with Crippen LogP contribution in [0.2, 0.25) is 0 Å². The molecule has 3 amide bonds. The Morgan fingerprint density at radius 3 is 2.37 bits per heavy atom. The van der Waals surface area contributed by atoms with Crippen LogP contribution >= 0.6 is 23.1 Å². The number of aromatic hydroxyl groups is 1. The highest BCUT2D eigenvalue weighted by molar-refractivity contribution is 8.00. The lowest BCUT2D eigenvalue weighted by molar-refractivity contribution is -0.122. The van der Waals surface area contributed by atoms with Crippen molar-refractivity contribution in [3.05, 3.63) is 98.0 Å². The van der Waals surface area contributed by atoms with Crippen LogP contribution in [0.4, 0.5) is 11.4 Å². The highest BCUT2D eigenvalue weighted by Gasteiger charge is 2.57. The zero-order valence-electron chi connectivity index (χ0n) is 25.0. The fourth-order valence-electron chi connectivity index (χ4n) is 5.70. The fourth-order valence-corrected chi connectivity index (χ4v) is 8.47. The van der Waals surface area contributed by atoms with Gasteiger partial charge in [-0.3, -0.25) is 23.7 Å². The number of carbonyl (C=O) groups excluding carboxylic acids is 4. The molecule has 3 atom stereocenters. The number of rotatable bonds is 8. The number of anilines is 2. The van der Waals surface area contributed by atoms with E-state index in [1.165, 1.54) is 34.8 Å². The number of fused-ring (bicyclic) bond motifs is 2. The fraction of sp³-hybridized carbons (Fsp3) is 0.242. The molecule has 46 heavy (non-hydrogen) atoms. The number of hydrogen-bond donors (Lipinski definition) is 2. The first-order chi connectivity index (χ1) is 22.1. The van der Waals surface area contributed by atoms with Gasteiger partial charge in [0, 0.05) is 16.5 Å². The number of phenolic OH excluding ortho intramolecular Hbond substituents is 1. The molecule has 0 spiro atoms. The van der Waals surface area contributed by atoms with Crippen molar-refractivity contribution in [2.45, 2.75) is 36.6 Å². The van der Waals surface area contributed by atoms with E-state index in [-0.39, 0.29) is 24.7 Å². The zero-order chi connectivity index (χ0) is 32.7. The molecule has 6 rings (SSSR count). The van der Waals surface area contributed by atoms with Gasteiger partial charge < -0.3 is 19.9 Å². The molecule has 13 heteroatoms. The Morgan fingerprint density at radius 2 is 1.70 bits per heavy atom. The standard InChI is InChI=1S/C33H29N3O8S2/c1-4-44-32(41)18-7-10-20(11-8-18)34-24(38)16-35-31-28(46-33(35)42)25(19-9-14-22(37)23(15-19)43-3)26-27(45-31)30(40)36(29(26)39)21-12-5-17(2)6-13-21/h5-15,25-27,37H,4,16H2,1-3H3,(H,34,38). The number of carbonyl (C=O) groups is 4. The number of aromatic nitrogens is 1. The van der Waals surface area contributed by atoms with Gasteiger partial charge in [0.15, 0.2) is 11.5 Å². The van der Waals surface area contributed by atoms with Crippen LogP contribution in [0.15, 0.2) is 76.6 Å². The van der Waals surface area contributed by atoms with E-state index in [1.54, 1.807) is 43.3 Å². The van der Waals surface area contributed by atoms with Crippen LogP contribution in [-0.4, -0.2) is 52.3 Å². The Balaban J connectivity index is 1.36. The van der Waals surface area contributed by atoms with Crippen LogP contribution in [0.1, 0.15) is 39.2 Å². The summed E-state index contributed by atoms with van der Waals surface area (Å²) in [5.74, 6) is -3.27. The summed E-state index contributed by atoms with van der Waals surface area (Å²) in [4.78, 5) is 67.9. The van der Waals surface area contributed by atoms with Gasteiger partial charge in [0.1, 0.15) is 11.8 Å². The quantitative estimate of drug-likeness (QED) is 0.206. The number of amides is 3. The first-order valence-corrected chi connectivity index (χ1v) is 16.1. The van der Waals surface area contributed by atoms with E-state index in [4.69, 9.17) is 9.47 Å². The van der Waals surface area contributed by atoms with Gasteiger partial charge in [-0.2, -0.15) is 0 Å². The molecule has 1 saturated heterocycles. The second-order valence-corrected chi connectivity index (χ2v) is 12.9. The monoisotopic (exact) mass is 659 g/mol. The third-order valence-corrected chi connectivity index (χ3v) is 10.5. The van der Waals surface area contributed by atoms with Gasteiger partial charge in [0.05, 0.1) is 35.9 Å². The number of thioether (sulfide) groups is 1. The maximum Gasteiger partial charge on any atom is 0.338 e. The molecule has 4 aromatic rings. The number of nitrogens with one attached hydrogen (secondary N) is 1. The van der Waals surface area contributed by atoms with Crippen LogP contribution in [0.5, 0.6) is 11.5 Å². The summed E-state index contributed by atoms with van der Waals surface area (Å²) in [5.41, 5.74) is 2.76. The number of benzene rings is 3. The van der Waals surface area contributed by atoms with Crippen LogP contribution < -0.4 is 19.8 Å². The molecule has 11 nitrogen and oxygen atoms in total. The summed E-state index contributed by atoms with van der Waals surface area (Å²) >= 11 is 2.02. The number of esters is 1. The first-order valence-electron chi connectivity index (χ1n) is 14.4. The first kappa shape index (κ1) is 31.1. The van der Waals surface area contributed by atoms with Crippen molar-refractivity contribution in [1.82, 2.24) is 4.57 Å². The van der Waals surface area contributed by atoms with Crippen molar-refractivity contribution < 1.29 is 33.8 Å². The van der Waals surface area contributed by atoms with E-state index in [9.17, 15) is 29.1 Å². The van der Waals surface area contributed by atoms with Gasteiger partial charge in [0.25, 0.3) is 0 Å². The molecule has 2 aliphatic heterocycles. The number of aryl methyl sites for hydroxylation is 1. The molecule has 0 aliphatic carbocycles. The predicted octanol–water partition coefficient (Wildman–Crippen LogP) is 4.54. The van der Waals surface area contributed by atoms with Gasteiger partial charge in [-0.1, -0.05) is 46.9 Å². The predicted molar refractivity (Wildman–Crippen MR) is 173 cm³/mol. The van der Waals surface area contributed by atoms with Gasteiger partial charge >= 0.3 is 10.8 Å². The van der Waals surface area contributed by atoms with Crippen molar-refractivity contribution in [3.8, 4) is 11.5 Å². The Labute approximate surface area is 271 Å². The molecule has 1 aromatic heterocycles. The van der Waals surface area contributed by atoms with E-state index in [0.29, 0.717) is 32.4 Å². The van der Waals surface area contributed by atoms with Crippen molar-refractivity contribution in [2.24, 2.45) is 5.92 Å². The van der Waals surface area contributed by atoms with Crippen molar-refractivity contribution in [2.75, 3.05) is 23.9 Å². The smallest absolute Gasteiger partial charge is 0.338 e. The normalized spacial score (nSPS) is 18.6. The summed E-state index contributed by atoms with van der Waals surface area (Å²) in [6.07, 6.45) is 0. The summed E-state index contributed by atoms with van der Waals surface area (Å²) < 4.78 is 11.6. The minimum atomic E-state index is -0.871. The van der Waals surface area contributed by atoms with Crippen LogP contribution in [0.25, 0.3) is 0 Å². The Morgan fingerprint density at radius 1 is 0.978 bits per heavy atom. The van der Waals surface area contributed by atoms with E-state index in [0.717, 1.165) is 28.7 Å². The SMILES string of the molecule is CCOC(=O)c1ccc(NC(=O)Cn2c3c(sc2=O)C(c2ccc(O)c(OC)c2)C2C(=O)N(c4ccc(C)cc4)C(=O)C2S3)cc1. The van der Waals surface area contributed by atoms with Crippen molar-refractivity contribution in [3.63, 3.8) is 0 Å². The van der Waals surface area contributed by atoms with E-state index >= 15 is 0 Å². The molecule has 0 radical (unpaired) electrons. The molecule has 2 aliphatic rings. The summed E-state index contributed by atoms with van der Waals surface area (Å²) in [6.45, 7) is 3.51.